The van der Waals surface area contributed by atoms with Crippen LogP contribution >= 0.6 is 0 Å². The number of nitrogens with one attached hydrogen (secondary N) is 2. The molecule has 0 aromatic carbocycles. The number of rotatable bonds is 5. The van der Waals surface area contributed by atoms with Crippen molar-refractivity contribution >= 4 is 11.9 Å². The fourth-order valence-corrected chi connectivity index (χ4v) is 3.22. The zero-order valence-electron chi connectivity index (χ0n) is 14.4. The molecule has 24 heavy (non-hydrogen) atoms. The molecule has 1 atom stereocenters. The number of carbonyl (C=O) groups is 2. The van der Waals surface area contributed by atoms with E-state index in [1.54, 1.807) is 13.8 Å². The third-order valence-electron chi connectivity index (χ3n) is 4.50. The molecule has 0 unspecified atom stereocenters. The average molecular weight is 334 g/mol. The van der Waals surface area contributed by atoms with Gasteiger partial charge in [0.2, 0.25) is 0 Å². The maximum absolute atomic E-state index is 12.5. The second-order valence-corrected chi connectivity index (χ2v) is 6.35. The Hall–Kier alpha value is -2.11. The standard InChI is InChI=1S/C18H26N2O4/c1-3-24-18(23)16(13-8-6-4-5-7-9-13)20-17(22)14-11-19-12(2)10-15(14)21/h10-11,13,16H,3-9H2,1-2H3,(H,19,21)(H,20,22)/t16-/m0/s1. The Labute approximate surface area is 142 Å². The van der Waals surface area contributed by atoms with Crippen LogP contribution in [0.15, 0.2) is 17.1 Å². The molecule has 6 heteroatoms. The lowest BCUT2D eigenvalue weighted by molar-refractivity contribution is -0.147. The summed E-state index contributed by atoms with van der Waals surface area (Å²) in [5.74, 6) is -0.889. The Kier molecular flexibility index (Phi) is 6.58. The van der Waals surface area contributed by atoms with Crippen LogP contribution in [0.1, 0.15) is 61.5 Å². The van der Waals surface area contributed by atoms with Gasteiger partial charge in [0, 0.05) is 18.0 Å². The summed E-state index contributed by atoms with van der Waals surface area (Å²) in [6.45, 7) is 3.76. The van der Waals surface area contributed by atoms with Crippen molar-refractivity contribution in [3.8, 4) is 0 Å². The van der Waals surface area contributed by atoms with Gasteiger partial charge in [-0.25, -0.2) is 4.79 Å². The molecule has 1 aromatic rings. The van der Waals surface area contributed by atoms with Gasteiger partial charge in [-0.05, 0) is 32.6 Å². The summed E-state index contributed by atoms with van der Waals surface area (Å²) >= 11 is 0. The molecule has 1 aliphatic rings. The van der Waals surface area contributed by atoms with Crippen LogP contribution in [-0.2, 0) is 9.53 Å². The fraction of sp³-hybridized carbons (Fsp3) is 0.611. The lowest BCUT2D eigenvalue weighted by Crippen LogP contribution is -2.47. The van der Waals surface area contributed by atoms with E-state index in [4.69, 9.17) is 4.74 Å². The highest BCUT2D eigenvalue weighted by atomic mass is 16.5. The van der Waals surface area contributed by atoms with Gasteiger partial charge in [-0.3, -0.25) is 9.59 Å². The third-order valence-corrected chi connectivity index (χ3v) is 4.50. The van der Waals surface area contributed by atoms with Crippen LogP contribution in [0.2, 0.25) is 0 Å². The molecular formula is C18H26N2O4. The van der Waals surface area contributed by atoms with Crippen LogP contribution in [0, 0.1) is 12.8 Å². The van der Waals surface area contributed by atoms with Gasteiger partial charge in [0.15, 0.2) is 5.43 Å². The summed E-state index contributed by atoms with van der Waals surface area (Å²) < 4.78 is 5.14. The first-order chi connectivity index (χ1) is 11.5. The number of aromatic amines is 1. The van der Waals surface area contributed by atoms with Gasteiger partial charge in [0.05, 0.1) is 6.61 Å². The van der Waals surface area contributed by atoms with Crippen molar-refractivity contribution in [3.63, 3.8) is 0 Å². The molecule has 2 N–H and O–H groups in total. The van der Waals surface area contributed by atoms with Crippen molar-refractivity contribution < 1.29 is 14.3 Å². The molecule has 1 saturated carbocycles. The smallest absolute Gasteiger partial charge is 0.328 e. The van der Waals surface area contributed by atoms with Crippen LogP contribution in [0.3, 0.4) is 0 Å². The summed E-state index contributed by atoms with van der Waals surface area (Å²) in [5, 5.41) is 2.74. The van der Waals surface area contributed by atoms with E-state index >= 15 is 0 Å². The maximum atomic E-state index is 12.5. The molecule has 0 radical (unpaired) electrons. The number of aromatic nitrogens is 1. The molecule has 0 aliphatic heterocycles. The van der Waals surface area contributed by atoms with Gasteiger partial charge < -0.3 is 15.0 Å². The quantitative estimate of drug-likeness (QED) is 0.639. The number of H-pyrrole nitrogens is 1. The average Bonchev–Trinajstić information content (AvgIpc) is 2.81. The number of amides is 1. The molecule has 0 saturated heterocycles. The maximum Gasteiger partial charge on any atom is 0.328 e. The summed E-state index contributed by atoms with van der Waals surface area (Å²) in [6, 6.07) is 0.677. The van der Waals surface area contributed by atoms with Gasteiger partial charge >= 0.3 is 5.97 Å². The van der Waals surface area contributed by atoms with Crippen molar-refractivity contribution in [1.82, 2.24) is 10.3 Å². The topological polar surface area (TPSA) is 88.3 Å². The predicted octanol–water partition coefficient (Wildman–Crippen LogP) is 2.32. The van der Waals surface area contributed by atoms with Gasteiger partial charge in [-0.1, -0.05) is 25.7 Å². The monoisotopic (exact) mass is 334 g/mol. The van der Waals surface area contributed by atoms with E-state index in [0.717, 1.165) is 38.5 Å². The number of pyridine rings is 1. The SMILES string of the molecule is CCOC(=O)[C@@H](NC(=O)c1c[nH]c(C)cc1=O)C1CCCCCC1. The Balaban J connectivity index is 2.18. The number of hydrogen-bond acceptors (Lipinski definition) is 4. The molecular weight excluding hydrogens is 308 g/mol. The van der Waals surface area contributed by atoms with E-state index in [0.29, 0.717) is 5.69 Å². The summed E-state index contributed by atoms with van der Waals surface area (Å²) in [6.07, 6.45) is 7.54. The summed E-state index contributed by atoms with van der Waals surface area (Å²) in [7, 11) is 0. The molecule has 1 heterocycles. The molecule has 1 fully saturated rings. The van der Waals surface area contributed by atoms with E-state index in [1.807, 2.05) is 0 Å². The molecule has 1 aromatic heterocycles. The van der Waals surface area contributed by atoms with E-state index in [-0.39, 0.29) is 23.5 Å². The highest BCUT2D eigenvalue weighted by Gasteiger charge is 2.32. The van der Waals surface area contributed by atoms with Crippen LogP contribution in [-0.4, -0.2) is 29.5 Å². The summed E-state index contributed by atoms with van der Waals surface area (Å²) in [4.78, 5) is 39.7. The van der Waals surface area contributed by atoms with Gasteiger partial charge in [0.25, 0.3) is 5.91 Å². The fourth-order valence-electron chi connectivity index (χ4n) is 3.22. The van der Waals surface area contributed by atoms with Crippen LogP contribution in [0.25, 0.3) is 0 Å². The first kappa shape index (κ1) is 18.2. The van der Waals surface area contributed by atoms with E-state index in [2.05, 4.69) is 10.3 Å². The second-order valence-electron chi connectivity index (χ2n) is 6.35. The molecule has 132 valence electrons. The molecule has 1 aliphatic carbocycles. The van der Waals surface area contributed by atoms with Crippen molar-refractivity contribution in [2.45, 2.75) is 58.4 Å². The number of aryl methyl sites for hydroxylation is 1. The first-order valence-corrected chi connectivity index (χ1v) is 8.69. The second kappa shape index (κ2) is 8.66. The van der Waals surface area contributed by atoms with E-state index in [1.165, 1.54) is 12.3 Å². The molecule has 6 nitrogen and oxygen atoms in total. The number of ether oxygens (including phenoxy) is 1. The molecule has 0 bridgehead atoms. The lowest BCUT2D eigenvalue weighted by atomic mass is 9.91. The Morgan fingerprint density at radius 1 is 1.29 bits per heavy atom. The number of esters is 1. The normalized spacial score (nSPS) is 16.9. The number of hydrogen-bond donors (Lipinski definition) is 2. The van der Waals surface area contributed by atoms with Crippen molar-refractivity contribution in [2.75, 3.05) is 6.61 Å². The number of carbonyl (C=O) groups excluding carboxylic acids is 2. The lowest BCUT2D eigenvalue weighted by Gasteiger charge is -2.25. The minimum absolute atomic E-state index is 0.0171. The minimum atomic E-state index is -0.698. The largest absolute Gasteiger partial charge is 0.464 e. The van der Waals surface area contributed by atoms with Crippen LogP contribution < -0.4 is 10.7 Å². The van der Waals surface area contributed by atoms with Gasteiger partial charge in [-0.15, -0.1) is 0 Å². The highest BCUT2D eigenvalue weighted by molar-refractivity contribution is 5.96. The molecule has 0 spiro atoms. The van der Waals surface area contributed by atoms with E-state index < -0.39 is 17.9 Å². The Morgan fingerprint density at radius 3 is 2.54 bits per heavy atom. The zero-order chi connectivity index (χ0) is 17.5. The molecule has 1 amide bonds. The molecule has 2 rings (SSSR count). The Bertz CT molecular complexity index is 630. The van der Waals surface area contributed by atoms with Crippen molar-refractivity contribution in [2.24, 2.45) is 5.92 Å². The minimum Gasteiger partial charge on any atom is -0.464 e. The third kappa shape index (κ3) is 4.69. The Morgan fingerprint density at radius 2 is 1.96 bits per heavy atom. The first-order valence-electron chi connectivity index (χ1n) is 8.69. The zero-order valence-corrected chi connectivity index (χ0v) is 14.4. The van der Waals surface area contributed by atoms with E-state index in [9.17, 15) is 14.4 Å². The summed E-state index contributed by atoms with van der Waals surface area (Å²) in [5.41, 5.74) is 0.345. The predicted molar refractivity (Wildman–Crippen MR) is 90.9 cm³/mol. The van der Waals surface area contributed by atoms with Gasteiger partial charge in [0.1, 0.15) is 11.6 Å². The van der Waals surface area contributed by atoms with Crippen molar-refractivity contribution in [1.29, 1.82) is 0 Å². The van der Waals surface area contributed by atoms with Crippen molar-refractivity contribution in [3.05, 3.63) is 33.7 Å². The van der Waals surface area contributed by atoms with Gasteiger partial charge in [-0.2, -0.15) is 0 Å². The van der Waals surface area contributed by atoms with Crippen LogP contribution in [0.5, 0.6) is 0 Å². The highest BCUT2D eigenvalue weighted by Crippen LogP contribution is 2.26. The van der Waals surface area contributed by atoms with Crippen LogP contribution in [0.4, 0.5) is 0 Å².